The van der Waals surface area contributed by atoms with Crippen LogP contribution in [0, 0.1) is 11.7 Å². The van der Waals surface area contributed by atoms with Gasteiger partial charge in [-0.3, -0.25) is 9.59 Å². The molecule has 3 atom stereocenters. The molecule has 6 heteroatoms. The Balaban J connectivity index is 1.45. The quantitative estimate of drug-likeness (QED) is 0.700. The highest BCUT2D eigenvalue weighted by Gasteiger charge is 2.48. The fourth-order valence-electron chi connectivity index (χ4n) is 4.92. The number of hydrogen-bond acceptors (Lipinski definition) is 3. The molecule has 1 aliphatic heterocycles. The van der Waals surface area contributed by atoms with Crippen LogP contribution in [0.4, 0.5) is 4.39 Å². The number of carbonyl (C=O) groups excluding carboxylic acids is 2. The summed E-state index contributed by atoms with van der Waals surface area (Å²) in [6, 6.07) is 15.1. The third-order valence-corrected chi connectivity index (χ3v) is 6.53. The van der Waals surface area contributed by atoms with E-state index in [2.05, 4.69) is 0 Å². The number of rotatable bonds is 6. The van der Waals surface area contributed by atoms with Gasteiger partial charge in [0.1, 0.15) is 12.6 Å². The van der Waals surface area contributed by atoms with Crippen LogP contribution in [0.15, 0.2) is 54.6 Å². The number of benzene rings is 2. The molecule has 0 N–H and O–H groups in total. The molecule has 3 unspecified atom stereocenters. The molecule has 0 aromatic heterocycles. The smallest absolute Gasteiger partial charge is 0.254 e. The normalized spacial score (nSPS) is 22.6. The van der Waals surface area contributed by atoms with Gasteiger partial charge in [-0.1, -0.05) is 43.2 Å². The van der Waals surface area contributed by atoms with Crippen molar-refractivity contribution in [1.29, 1.82) is 0 Å². The van der Waals surface area contributed by atoms with E-state index in [1.54, 1.807) is 30.1 Å². The second-order valence-electron chi connectivity index (χ2n) is 8.48. The molecule has 2 amide bonds. The zero-order valence-corrected chi connectivity index (χ0v) is 17.9. The summed E-state index contributed by atoms with van der Waals surface area (Å²) in [5.41, 5.74) is 0.622. The highest BCUT2D eigenvalue weighted by Crippen LogP contribution is 2.41. The molecule has 0 radical (unpaired) electrons. The lowest BCUT2D eigenvalue weighted by Crippen LogP contribution is -2.50. The Morgan fingerprint density at radius 3 is 2.55 bits per heavy atom. The van der Waals surface area contributed by atoms with E-state index in [4.69, 9.17) is 4.74 Å². The lowest BCUT2D eigenvalue weighted by Gasteiger charge is -2.34. The minimum absolute atomic E-state index is 0.0654. The number of halogens is 1. The van der Waals surface area contributed by atoms with Crippen molar-refractivity contribution in [3.05, 3.63) is 66.0 Å². The Labute approximate surface area is 182 Å². The summed E-state index contributed by atoms with van der Waals surface area (Å²) >= 11 is 0. The third-order valence-electron chi connectivity index (χ3n) is 6.53. The van der Waals surface area contributed by atoms with Gasteiger partial charge in [0.2, 0.25) is 5.91 Å². The van der Waals surface area contributed by atoms with Crippen molar-refractivity contribution >= 4 is 11.8 Å². The van der Waals surface area contributed by atoms with Crippen LogP contribution in [0.5, 0.6) is 5.75 Å². The summed E-state index contributed by atoms with van der Waals surface area (Å²) in [5, 5.41) is 0. The Kier molecular flexibility index (Phi) is 6.54. The van der Waals surface area contributed by atoms with Crippen LogP contribution >= 0.6 is 0 Å². The first kappa shape index (κ1) is 21.3. The van der Waals surface area contributed by atoms with Crippen molar-refractivity contribution in [3.8, 4) is 5.75 Å². The number of fused-ring (bicyclic) bond motifs is 1. The maximum Gasteiger partial charge on any atom is 0.254 e. The zero-order valence-electron chi connectivity index (χ0n) is 17.9. The molecule has 2 aromatic carbocycles. The average molecular weight is 425 g/mol. The molecule has 1 heterocycles. The molecule has 1 saturated carbocycles. The van der Waals surface area contributed by atoms with E-state index in [0.29, 0.717) is 24.4 Å². The highest BCUT2D eigenvalue weighted by molar-refractivity contribution is 5.98. The van der Waals surface area contributed by atoms with Crippen LogP contribution < -0.4 is 4.74 Å². The zero-order chi connectivity index (χ0) is 21.8. The molecule has 1 saturated heterocycles. The van der Waals surface area contributed by atoms with Crippen molar-refractivity contribution in [2.45, 2.75) is 44.2 Å². The van der Waals surface area contributed by atoms with Gasteiger partial charge in [0.25, 0.3) is 5.91 Å². The van der Waals surface area contributed by atoms with E-state index in [1.807, 2.05) is 35.2 Å². The van der Waals surface area contributed by atoms with Crippen molar-refractivity contribution in [2.24, 2.45) is 5.92 Å². The Morgan fingerprint density at radius 1 is 1.06 bits per heavy atom. The van der Waals surface area contributed by atoms with Gasteiger partial charge in [-0.15, -0.1) is 0 Å². The van der Waals surface area contributed by atoms with E-state index in [9.17, 15) is 14.0 Å². The summed E-state index contributed by atoms with van der Waals surface area (Å²) < 4.78 is 19.2. The molecule has 5 nitrogen and oxygen atoms in total. The molecule has 164 valence electrons. The summed E-state index contributed by atoms with van der Waals surface area (Å²) in [4.78, 5) is 30.2. The SMILES string of the molecule is CN(CCOc1ccccc1F)C(=O)C1CC2CCCCC2N1C(=O)c1ccccc1. The lowest BCUT2D eigenvalue weighted by molar-refractivity contribution is -0.134. The number of likely N-dealkylation sites (N-methyl/N-ethyl adjacent to an activating group) is 1. The van der Waals surface area contributed by atoms with Gasteiger partial charge in [-0.25, -0.2) is 4.39 Å². The fraction of sp³-hybridized carbons (Fsp3) is 0.440. The molecule has 4 rings (SSSR count). The number of likely N-dealkylation sites (tertiary alicyclic amines) is 1. The summed E-state index contributed by atoms with van der Waals surface area (Å²) in [6.07, 6.45) is 4.97. The number of para-hydroxylation sites is 1. The van der Waals surface area contributed by atoms with E-state index >= 15 is 0 Å². The molecular formula is C25H29FN2O3. The van der Waals surface area contributed by atoms with Crippen molar-refractivity contribution < 1.29 is 18.7 Å². The average Bonchev–Trinajstić information content (AvgIpc) is 3.19. The molecule has 0 spiro atoms. The predicted octanol–water partition coefficient (Wildman–Crippen LogP) is 4.14. The Hall–Kier alpha value is -2.89. The monoisotopic (exact) mass is 424 g/mol. The van der Waals surface area contributed by atoms with Crippen molar-refractivity contribution in [2.75, 3.05) is 20.2 Å². The van der Waals surface area contributed by atoms with Crippen LogP contribution in [0.3, 0.4) is 0 Å². The second-order valence-corrected chi connectivity index (χ2v) is 8.48. The summed E-state index contributed by atoms with van der Waals surface area (Å²) in [5.74, 6) is -0.00861. The first-order chi connectivity index (χ1) is 15.1. The molecular weight excluding hydrogens is 395 g/mol. The van der Waals surface area contributed by atoms with Crippen molar-refractivity contribution in [3.63, 3.8) is 0 Å². The number of nitrogens with zero attached hydrogens (tertiary/aromatic N) is 2. The maximum atomic E-state index is 13.7. The Morgan fingerprint density at radius 2 is 1.77 bits per heavy atom. The molecule has 2 fully saturated rings. The van der Waals surface area contributed by atoms with Gasteiger partial charge in [0.15, 0.2) is 11.6 Å². The predicted molar refractivity (Wildman–Crippen MR) is 116 cm³/mol. The molecule has 31 heavy (non-hydrogen) atoms. The largest absolute Gasteiger partial charge is 0.489 e. The highest BCUT2D eigenvalue weighted by atomic mass is 19.1. The van der Waals surface area contributed by atoms with Crippen LogP contribution in [0.25, 0.3) is 0 Å². The molecule has 2 aromatic rings. The first-order valence-electron chi connectivity index (χ1n) is 11.1. The summed E-state index contributed by atoms with van der Waals surface area (Å²) in [6.45, 7) is 0.516. The minimum atomic E-state index is -0.459. The van der Waals surface area contributed by atoms with E-state index < -0.39 is 11.9 Å². The van der Waals surface area contributed by atoms with Crippen LogP contribution in [-0.2, 0) is 4.79 Å². The standard InChI is InChI=1S/C25H29FN2O3/c1-27(15-16-31-23-14-8-6-12-20(23)26)25(30)22-17-19-11-5-7-13-21(19)28(22)24(29)18-9-3-2-4-10-18/h2-4,6,8-10,12,14,19,21-22H,5,7,11,13,15-17H2,1H3. The van der Waals surface area contributed by atoms with Crippen LogP contribution in [0.2, 0.25) is 0 Å². The third kappa shape index (κ3) is 4.58. The number of hydrogen-bond donors (Lipinski definition) is 0. The second kappa shape index (κ2) is 9.50. The van der Waals surface area contributed by atoms with Gasteiger partial charge in [0, 0.05) is 18.7 Å². The molecule has 2 aliphatic rings. The number of ether oxygens (including phenoxy) is 1. The van der Waals surface area contributed by atoms with E-state index in [-0.39, 0.29) is 30.2 Å². The van der Waals surface area contributed by atoms with Crippen molar-refractivity contribution in [1.82, 2.24) is 9.80 Å². The van der Waals surface area contributed by atoms with Gasteiger partial charge >= 0.3 is 0 Å². The van der Waals surface area contributed by atoms with Crippen LogP contribution in [-0.4, -0.2) is 53.9 Å². The summed E-state index contributed by atoms with van der Waals surface area (Å²) in [7, 11) is 1.72. The van der Waals surface area contributed by atoms with E-state index in [0.717, 1.165) is 25.7 Å². The fourth-order valence-corrected chi connectivity index (χ4v) is 4.92. The lowest BCUT2D eigenvalue weighted by atomic mass is 9.84. The van der Waals surface area contributed by atoms with Gasteiger partial charge in [-0.2, -0.15) is 0 Å². The topological polar surface area (TPSA) is 49.9 Å². The molecule has 1 aliphatic carbocycles. The molecule has 0 bridgehead atoms. The number of carbonyl (C=O) groups is 2. The Bertz CT molecular complexity index is 920. The minimum Gasteiger partial charge on any atom is -0.489 e. The van der Waals surface area contributed by atoms with Crippen LogP contribution in [0.1, 0.15) is 42.5 Å². The first-order valence-corrected chi connectivity index (χ1v) is 11.1. The number of amides is 2. The van der Waals surface area contributed by atoms with Gasteiger partial charge in [0.05, 0.1) is 6.54 Å². The maximum absolute atomic E-state index is 13.7. The van der Waals surface area contributed by atoms with E-state index in [1.165, 1.54) is 6.07 Å². The van der Waals surface area contributed by atoms with Gasteiger partial charge in [-0.05, 0) is 49.4 Å². The van der Waals surface area contributed by atoms with Gasteiger partial charge < -0.3 is 14.5 Å².